The first-order chi connectivity index (χ1) is 13.5. The van der Waals surface area contributed by atoms with Gasteiger partial charge in [-0.2, -0.15) is 10.1 Å². The average molecular weight is 382 g/mol. The van der Waals surface area contributed by atoms with Crippen LogP contribution < -0.4 is 22.1 Å². The molecule has 0 saturated heterocycles. The number of nitrogens with zero attached hydrogens (tertiary/aromatic N) is 4. The van der Waals surface area contributed by atoms with Gasteiger partial charge in [0, 0.05) is 25.0 Å². The van der Waals surface area contributed by atoms with Crippen LogP contribution in [-0.2, 0) is 11.3 Å². The van der Waals surface area contributed by atoms with E-state index in [4.69, 9.17) is 11.5 Å². The van der Waals surface area contributed by atoms with Crippen molar-refractivity contribution in [3.63, 3.8) is 0 Å². The smallest absolute Gasteiger partial charge is 0.254 e. The standard InChI is InChI=1S/C18H22N8O2/c1-2-26-8-11(6-22-26)23-18-21-7-12(15(19)27)17(25-18)24-14-10-4-3-9(5-10)13(14)16(20)28/h3-4,6-10,13-14H,2,5H2,1H3,(H2,19,27)(H2,20,28)(H2,21,23,24,25)/t9-,10-,13-,14-/m1/s1. The maximum absolute atomic E-state index is 12.0. The van der Waals surface area contributed by atoms with Crippen molar-refractivity contribution >= 4 is 29.3 Å². The third-order valence-corrected chi connectivity index (χ3v) is 5.36. The Balaban J connectivity index is 1.62. The first-order valence-electron chi connectivity index (χ1n) is 9.16. The quantitative estimate of drug-likeness (QED) is 0.512. The molecule has 0 spiro atoms. The summed E-state index contributed by atoms with van der Waals surface area (Å²) in [5.41, 5.74) is 12.0. The Morgan fingerprint density at radius 3 is 2.71 bits per heavy atom. The highest BCUT2D eigenvalue weighted by Crippen LogP contribution is 2.45. The van der Waals surface area contributed by atoms with E-state index in [1.165, 1.54) is 6.20 Å². The van der Waals surface area contributed by atoms with E-state index in [-0.39, 0.29) is 47.0 Å². The van der Waals surface area contributed by atoms with E-state index >= 15 is 0 Å². The molecule has 2 aliphatic rings. The van der Waals surface area contributed by atoms with Crippen molar-refractivity contribution in [1.29, 1.82) is 0 Å². The molecule has 10 nitrogen and oxygen atoms in total. The molecule has 1 saturated carbocycles. The van der Waals surface area contributed by atoms with Crippen LogP contribution in [0.25, 0.3) is 0 Å². The molecular weight excluding hydrogens is 360 g/mol. The lowest BCUT2D eigenvalue weighted by atomic mass is 9.88. The second-order valence-electron chi connectivity index (χ2n) is 7.08. The molecule has 2 aromatic rings. The summed E-state index contributed by atoms with van der Waals surface area (Å²) in [5.74, 6) is -0.544. The predicted molar refractivity (Wildman–Crippen MR) is 103 cm³/mol. The molecule has 146 valence electrons. The summed E-state index contributed by atoms with van der Waals surface area (Å²) < 4.78 is 1.76. The molecule has 0 aliphatic heterocycles. The molecule has 10 heteroatoms. The van der Waals surface area contributed by atoms with Crippen molar-refractivity contribution in [3.8, 4) is 0 Å². The van der Waals surface area contributed by atoms with Crippen LogP contribution in [0.2, 0.25) is 0 Å². The zero-order valence-electron chi connectivity index (χ0n) is 15.4. The molecule has 0 aromatic carbocycles. The van der Waals surface area contributed by atoms with Crippen LogP contribution in [0.15, 0.2) is 30.7 Å². The molecule has 0 radical (unpaired) electrons. The van der Waals surface area contributed by atoms with Gasteiger partial charge in [-0.05, 0) is 25.2 Å². The van der Waals surface area contributed by atoms with Gasteiger partial charge < -0.3 is 22.1 Å². The van der Waals surface area contributed by atoms with E-state index in [1.54, 1.807) is 10.9 Å². The fraction of sp³-hybridized carbons (Fsp3) is 0.389. The number of carbonyl (C=O) groups excluding carboxylic acids is 2. The van der Waals surface area contributed by atoms with Gasteiger partial charge >= 0.3 is 0 Å². The van der Waals surface area contributed by atoms with Gasteiger partial charge in [-0.1, -0.05) is 12.2 Å². The van der Waals surface area contributed by atoms with E-state index in [1.807, 2.05) is 19.2 Å². The lowest BCUT2D eigenvalue weighted by molar-refractivity contribution is -0.122. The summed E-state index contributed by atoms with van der Waals surface area (Å²) in [6.45, 7) is 2.72. The number of rotatable bonds is 7. The zero-order chi connectivity index (χ0) is 19.8. The van der Waals surface area contributed by atoms with E-state index < -0.39 is 5.91 Å². The van der Waals surface area contributed by atoms with Gasteiger partial charge in [-0.25, -0.2) is 4.98 Å². The van der Waals surface area contributed by atoms with Gasteiger partial charge in [0.1, 0.15) is 5.82 Å². The number of nitrogens with two attached hydrogens (primary N) is 2. The monoisotopic (exact) mass is 382 g/mol. The summed E-state index contributed by atoms with van der Waals surface area (Å²) in [6, 6.07) is -0.240. The third kappa shape index (κ3) is 3.17. The number of aromatic nitrogens is 4. The summed E-state index contributed by atoms with van der Waals surface area (Å²) in [5, 5.41) is 10.5. The van der Waals surface area contributed by atoms with Crippen molar-refractivity contribution in [2.75, 3.05) is 10.6 Å². The van der Waals surface area contributed by atoms with Crippen molar-refractivity contribution in [3.05, 3.63) is 36.3 Å². The third-order valence-electron chi connectivity index (χ3n) is 5.36. The Labute approximate surface area is 161 Å². The van der Waals surface area contributed by atoms with Crippen molar-refractivity contribution in [1.82, 2.24) is 19.7 Å². The highest BCUT2D eigenvalue weighted by Gasteiger charge is 2.47. The zero-order valence-corrected chi connectivity index (χ0v) is 15.4. The molecule has 2 heterocycles. The number of hydrogen-bond acceptors (Lipinski definition) is 7. The van der Waals surface area contributed by atoms with E-state index in [9.17, 15) is 9.59 Å². The van der Waals surface area contributed by atoms with Gasteiger partial charge in [0.15, 0.2) is 0 Å². The first-order valence-corrected chi connectivity index (χ1v) is 9.16. The Morgan fingerprint density at radius 2 is 2.04 bits per heavy atom. The van der Waals surface area contributed by atoms with Crippen molar-refractivity contribution in [2.24, 2.45) is 29.2 Å². The number of hydrogen-bond donors (Lipinski definition) is 4. The number of allylic oxidation sites excluding steroid dienone is 1. The van der Waals surface area contributed by atoms with Crippen LogP contribution in [0.3, 0.4) is 0 Å². The van der Waals surface area contributed by atoms with Crippen LogP contribution in [0.5, 0.6) is 0 Å². The highest BCUT2D eigenvalue weighted by molar-refractivity contribution is 5.97. The van der Waals surface area contributed by atoms with Gasteiger partial charge in [0.2, 0.25) is 11.9 Å². The maximum atomic E-state index is 12.0. The minimum absolute atomic E-state index is 0.108. The molecule has 6 N–H and O–H groups in total. The van der Waals surface area contributed by atoms with Crippen LogP contribution in [-0.4, -0.2) is 37.6 Å². The van der Waals surface area contributed by atoms with Crippen LogP contribution in [0.1, 0.15) is 23.7 Å². The second kappa shape index (κ2) is 6.95. The Morgan fingerprint density at radius 1 is 1.25 bits per heavy atom. The van der Waals surface area contributed by atoms with Crippen LogP contribution in [0, 0.1) is 17.8 Å². The number of anilines is 3. The first kappa shape index (κ1) is 18.0. The van der Waals surface area contributed by atoms with Crippen molar-refractivity contribution < 1.29 is 9.59 Å². The maximum Gasteiger partial charge on any atom is 0.254 e. The lowest BCUT2D eigenvalue weighted by Gasteiger charge is -2.27. The topological polar surface area (TPSA) is 154 Å². The fourth-order valence-corrected chi connectivity index (χ4v) is 4.03. The molecule has 2 amide bonds. The Bertz CT molecular complexity index is 953. The molecule has 2 aliphatic carbocycles. The molecule has 4 atom stereocenters. The van der Waals surface area contributed by atoms with E-state index in [0.717, 1.165) is 18.7 Å². The number of aryl methyl sites for hydroxylation is 1. The molecule has 2 aromatic heterocycles. The van der Waals surface area contributed by atoms with Gasteiger partial charge in [-0.3, -0.25) is 14.3 Å². The summed E-state index contributed by atoms with van der Waals surface area (Å²) in [7, 11) is 0. The van der Waals surface area contributed by atoms with Crippen LogP contribution >= 0.6 is 0 Å². The number of primary amides is 2. The van der Waals surface area contributed by atoms with Crippen LogP contribution in [0.4, 0.5) is 17.5 Å². The van der Waals surface area contributed by atoms with Gasteiger partial charge in [0.25, 0.3) is 5.91 Å². The molecule has 1 fully saturated rings. The van der Waals surface area contributed by atoms with E-state index in [2.05, 4.69) is 31.8 Å². The lowest BCUT2D eigenvalue weighted by Crippen LogP contribution is -2.41. The molecule has 4 rings (SSSR count). The SMILES string of the molecule is CCn1cc(Nc2ncc(C(N)=O)c(N[C@H]3[C@H](C(N)=O)[C@@H]4C=C[C@@H]3C4)n2)cn1. The predicted octanol–water partition coefficient (Wildman–Crippen LogP) is 0.623. The molecule has 0 unspecified atom stereocenters. The molecule has 28 heavy (non-hydrogen) atoms. The average Bonchev–Trinajstić information content (AvgIpc) is 3.37. The largest absolute Gasteiger partial charge is 0.369 e. The molecule has 2 bridgehead atoms. The Kier molecular flexibility index (Phi) is 4.46. The number of amides is 2. The minimum atomic E-state index is -0.651. The normalized spacial score (nSPS) is 25.0. The summed E-state index contributed by atoms with van der Waals surface area (Å²) in [6.07, 6.45) is 9.81. The van der Waals surface area contributed by atoms with Crippen molar-refractivity contribution in [2.45, 2.75) is 25.9 Å². The van der Waals surface area contributed by atoms with Gasteiger partial charge in [-0.15, -0.1) is 0 Å². The van der Waals surface area contributed by atoms with E-state index in [0.29, 0.717) is 0 Å². The molecular formula is C18H22N8O2. The van der Waals surface area contributed by atoms with Gasteiger partial charge in [0.05, 0.1) is 23.4 Å². The Hall–Kier alpha value is -3.43. The summed E-state index contributed by atoms with van der Waals surface area (Å²) >= 11 is 0. The number of carbonyl (C=O) groups is 2. The highest BCUT2D eigenvalue weighted by atomic mass is 16.1. The minimum Gasteiger partial charge on any atom is -0.369 e. The second-order valence-corrected chi connectivity index (χ2v) is 7.08. The number of nitrogens with one attached hydrogen (secondary N) is 2. The number of fused-ring (bicyclic) bond motifs is 2. The summed E-state index contributed by atoms with van der Waals surface area (Å²) in [4.78, 5) is 32.4. The fourth-order valence-electron chi connectivity index (χ4n) is 4.03.